The van der Waals surface area contributed by atoms with Crippen molar-refractivity contribution in [2.24, 2.45) is 29.6 Å². The highest BCUT2D eigenvalue weighted by atomic mass is 16.5. The van der Waals surface area contributed by atoms with Crippen LogP contribution in [0.25, 0.3) is 0 Å². The zero-order valence-corrected chi connectivity index (χ0v) is 23.9. The SMILES string of the molecule is CCCC1CCC(C2CCC(C=O)CC2)CC1.CCCCCC1CCC(c2ccc(OC)cc2)CC1. The average molecular weight is 497 g/mol. The summed E-state index contributed by atoms with van der Waals surface area (Å²) in [5, 5.41) is 0. The maximum Gasteiger partial charge on any atom is 0.123 e. The van der Waals surface area contributed by atoms with Crippen molar-refractivity contribution in [3.8, 4) is 5.75 Å². The van der Waals surface area contributed by atoms with Gasteiger partial charge in [-0.15, -0.1) is 0 Å². The fraction of sp³-hybridized carbons (Fsp3) is 0.794. The molecule has 2 nitrogen and oxygen atoms in total. The lowest BCUT2D eigenvalue weighted by molar-refractivity contribution is -0.112. The van der Waals surface area contributed by atoms with Crippen molar-refractivity contribution in [2.75, 3.05) is 7.11 Å². The van der Waals surface area contributed by atoms with Crippen LogP contribution in [0.1, 0.15) is 141 Å². The van der Waals surface area contributed by atoms with E-state index >= 15 is 0 Å². The molecule has 0 heterocycles. The molecule has 0 atom stereocenters. The first kappa shape index (κ1) is 29.2. The first-order valence-corrected chi connectivity index (χ1v) is 15.8. The van der Waals surface area contributed by atoms with E-state index in [1.54, 1.807) is 7.11 Å². The number of aldehydes is 1. The summed E-state index contributed by atoms with van der Waals surface area (Å²) in [6, 6.07) is 8.70. The van der Waals surface area contributed by atoms with Crippen LogP contribution in [0.15, 0.2) is 24.3 Å². The third-order valence-corrected chi connectivity index (χ3v) is 9.91. The zero-order valence-electron chi connectivity index (χ0n) is 23.9. The van der Waals surface area contributed by atoms with Gasteiger partial charge in [0.2, 0.25) is 0 Å². The van der Waals surface area contributed by atoms with Crippen molar-refractivity contribution >= 4 is 6.29 Å². The predicted octanol–water partition coefficient (Wildman–Crippen LogP) is 10.1. The Kier molecular flexibility index (Phi) is 13.4. The number of benzene rings is 1. The fourth-order valence-corrected chi connectivity index (χ4v) is 7.45. The van der Waals surface area contributed by atoms with Gasteiger partial charge in [-0.1, -0.05) is 77.3 Å². The lowest BCUT2D eigenvalue weighted by Crippen LogP contribution is -2.26. The molecule has 0 saturated heterocycles. The van der Waals surface area contributed by atoms with Crippen LogP contribution >= 0.6 is 0 Å². The minimum Gasteiger partial charge on any atom is -0.497 e. The smallest absolute Gasteiger partial charge is 0.123 e. The Bertz CT molecular complexity index is 686. The molecule has 0 amide bonds. The van der Waals surface area contributed by atoms with Gasteiger partial charge >= 0.3 is 0 Å². The van der Waals surface area contributed by atoms with Gasteiger partial charge in [0.25, 0.3) is 0 Å². The topological polar surface area (TPSA) is 26.3 Å². The molecular formula is C34H56O2. The predicted molar refractivity (Wildman–Crippen MR) is 154 cm³/mol. The Labute approximate surface area is 223 Å². The second-order valence-electron chi connectivity index (χ2n) is 12.4. The molecule has 2 heteroatoms. The molecule has 0 radical (unpaired) electrons. The molecule has 36 heavy (non-hydrogen) atoms. The van der Waals surface area contributed by atoms with E-state index < -0.39 is 0 Å². The van der Waals surface area contributed by atoms with Crippen molar-refractivity contribution in [3.05, 3.63) is 29.8 Å². The van der Waals surface area contributed by atoms with Crippen LogP contribution in [0.5, 0.6) is 5.75 Å². The highest BCUT2D eigenvalue weighted by Gasteiger charge is 2.30. The summed E-state index contributed by atoms with van der Waals surface area (Å²) in [6.07, 6.45) is 26.2. The van der Waals surface area contributed by atoms with E-state index in [0.29, 0.717) is 5.92 Å². The zero-order chi connectivity index (χ0) is 25.6. The summed E-state index contributed by atoms with van der Waals surface area (Å²) in [5.41, 5.74) is 1.51. The monoisotopic (exact) mass is 496 g/mol. The standard InChI is InChI=1S/C18H28O.C16H28O/c1-3-4-5-6-15-7-9-16(10-8-15)17-11-13-18(19-2)14-12-17;1-2-3-13-4-8-15(9-5-13)16-10-6-14(12-17)7-11-16/h11-16H,3-10H2,1-2H3;12-16H,2-11H2,1H3. The van der Waals surface area contributed by atoms with Crippen molar-refractivity contribution < 1.29 is 9.53 Å². The van der Waals surface area contributed by atoms with E-state index in [0.717, 1.165) is 35.3 Å². The molecule has 1 aromatic carbocycles. The maximum atomic E-state index is 10.8. The van der Waals surface area contributed by atoms with E-state index in [1.165, 1.54) is 127 Å². The number of carbonyl (C=O) groups is 1. The lowest BCUT2D eigenvalue weighted by Gasteiger charge is -2.37. The van der Waals surface area contributed by atoms with Gasteiger partial charge in [0.05, 0.1) is 7.11 Å². The van der Waals surface area contributed by atoms with Gasteiger partial charge in [-0.3, -0.25) is 0 Å². The highest BCUT2D eigenvalue weighted by Crippen LogP contribution is 2.42. The molecule has 0 bridgehead atoms. The minimum atomic E-state index is 0.391. The van der Waals surface area contributed by atoms with Crippen molar-refractivity contribution in [1.29, 1.82) is 0 Å². The Balaban J connectivity index is 0.000000202. The van der Waals surface area contributed by atoms with Crippen LogP contribution in [-0.2, 0) is 4.79 Å². The first-order valence-electron chi connectivity index (χ1n) is 15.8. The van der Waals surface area contributed by atoms with Gasteiger partial charge in [-0.2, -0.15) is 0 Å². The van der Waals surface area contributed by atoms with Crippen molar-refractivity contribution in [2.45, 2.75) is 135 Å². The summed E-state index contributed by atoms with van der Waals surface area (Å²) in [5.74, 6) is 6.13. The summed E-state index contributed by atoms with van der Waals surface area (Å²) in [7, 11) is 1.73. The Morgan fingerprint density at radius 2 is 1.25 bits per heavy atom. The van der Waals surface area contributed by atoms with Gasteiger partial charge in [0, 0.05) is 5.92 Å². The minimum absolute atomic E-state index is 0.391. The molecule has 3 saturated carbocycles. The molecule has 0 aliphatic heterocycles. The number of rotatable bonds is 10. The number of unbranched alkanes of at least 4 members (excludes halogenated alkanes) is 2. The first-order chi connectivity index (χ1) is 17.7. The summed E-state index contributed by atoms with van der Waals surface area (Å²) >= 11 is 0. The largest absolute Gasteiger partial charge is 0.497 e. The van der Waals surface area contributed by atoms with Crippen LogP contribution in [0, 0.1) is 29.6 Å². The van der Waals surface area contributed by atoms with E-state index in [2.05, 4.69) is 38.1 Å². The van der Waals surface area contributed by atoms with Gasteiger partial charge in [-0.25, -0.2) is 0 Å². The van der Waals surface area contributed by atoms with Crippen molar-refractivity contribution in [1.82, 2.24) is 0 Å². The van der Waals surface area contributed by atoms with E-state index in [1.807, 2.05) is 0 Å². The quantitative estimate of drug-likeness (QED) is 0.238. The molecule has 0 N–H and O–H groups in total. The van der Waals surface area contributed by atoms with E-state index in [4.69, 9.17) is 4.74 Å². The lowest BCUT2D eigenvalue weighted by atomic mass is 9.69. The van der Waals surface area contributed by atoms with Gasteiger partial charge in [0.15, 0.2) is 0 Å². The molecule has 3 aliphatic carbocycles. The number of methoxy groups -OCH3 is 1. The van der Waals surface area contributed by atoms with Crippen LogP contribution in [0.2, 0.25) is 0 Å². The molecule has 204 valence electrons. The molecule has 0 aromatic heterocycles. The average Bonchev–Trinajstić information content (AvgIpc) is 2.95. The van der Waals surface area contributed by atoms with Crippen LogP contribution in [0.3, 0.4) is 0 Å². The normalized spacial score (nSPS) is 30.6. The number of hydrogen-bond donors (Lipinski definition) is 0. The number of carbonyl (C=O) groups excluding carboxylic acids is 1. The second-order valence-corrected chi connectivity index (χ2v) is 12.4. The van der Waals surface area contributed by atoms with Crippen LogP contribution in [0.4, 0.5) is 0 Å². The molecule has 3 aliphatic rings. The van der Waals surface area contributed by atoms with Crippen molar-refractivity contribution in [3.63, 3.8) is 0 Å². The maximum absolute atomic E-state index is 10.8. The molecule has 3 fully saturated rings. The van der Waals surface area contributed by atoms with Crippen LogP contribution in [-0.4, -0.2) is 13.4 Å². The Morgan fingerprint density at radius 1 is 0.694 bits per heavy atom. The Morgan fingerprint density at radius 3 is 1.78 bits per heavy atom. The van der Waals surface area contributed by atoms with Gasteiger partial charge < -0.3 is 9.53 Å². The molecule has 1 aromatic rings. The highest BCUT2D eigenvalue weighted by molar-refractivity contribution is 5.53. The molecule has 4 rings (SSSR count). The van der Waals surface area contributed by atoms with Crippen LogP contribution < -0.4 is 4.74 Å². The summed E-state index contributed by atoms with van der Waals surface area (Å²) in [4.78, 5) is 10.8. The summed E-state index contributed by atoms with van der Waals surface area (Å²) < 4.78 is 5.23. The second kappa shape index (κ2) is 16.5. The number of ether oxygens (including phenoxy) is 1. The third kappa shape index (κ3) is 9.53. The van der Waals surface area contributed by atoms with Gasteiger partial charge in [-0.05, 0) is 111 Å². The fourth-order valence-electron chi connectivity index (χ4n) is 7.45. The Hall–Kier alpha value is -1.31. The van der Waals surface area contributed by atoms with E-state index in [-0.39, 0.29) is 0 Å². The third-order valence-electron chi connectivity index (χ3n) is 9.91. The molecule has 0 spiro atoms. The molecular weight excluding hydrogens is 440 g/mol. The molecule has 0 unspecified atom stereocenters. The van der Waals surface area contributed by atoms with E-state index in [9.17, 15) is 4.79 Å². The summed E-state index contributed by atoms with van der Waals surface area (Å²) in [6.45, 7) is 4.60. The van der Waals surface area contributed by atoms with Gasteiger partial charge in [0.1, 0.15) is 12.0 Å². The number of hydrogen-bond acceptors (Lipinski definition) is 2.